The number of carbonyl (C=O) groups excluding carboxylic acids is 1. The van der Waals surface area contributed by atoms with Crippen LogP contribution in [0.15, 0.2) is 22.8 Å². The van der Waals surface area contributed by atoms with E-state index >= 15 is 0 Å². The number of fused-ring (bicyclic) bond motifs is 1. The molecule has 5 rings (SSSR count). The van der Waals surface area contributed by atoms with Gasteiger partial charge in [0, 0.05) is 46.4 Å². The fourth-order valence-electron chi connectivity index (χ4n) is 4.32. The highest BCUT2D eigenvalue weighted by molar-refractivity contribution is 5.85. The van der Waals surface area contributed by atoms with Gasteiger partial charge in [0.25, 0.3) is 5.78 Å². The predicted molar refractivity (Wildman–Crippen MR) is 116 cm³/mol. The lowest BCUT2D eigenvalue weighted by Crippen LogP contribution is -2.54. The summed E-state index contributed by atoms with van der Waals surface area (Å²) in [5, 5.41) is 4.33. The second kappa shape index (κ2) is 8.71. The molecule has 12 heteroatoms. The minimum atomic E-state index is -0.296. The molecule has 0 saturated carbocycles. The maximum atomic E-state index is 13.3. The highest BCUT2D eigenvalue weighted by Gasteiger charge is 2.36. The third kappa shape index (κ3) is 3.86. The average Bonchev–Trinajstić information content (AvgIpc) is 3.57. The van der Waals surface area contributed by atoms with Crippen LogP contribution in [0.2, 0.25) is 0 Å². The first-order valence-electron chi connectivity index (χ1n) is 10.8. The van der Waals surface area contributed by atoms with Gasteiger partial charge in [-0.1, -0.05) is 0 Å². The molecule has 3 aromatic heterocycles. The lowest BCUT2D eigenvalue weighted by molar-refractivity contribution is -0.134. The summed E-state index contributed by atoms with van der Waals surface area (Å²) in [6, 6.07) is 3.23. The van der Waals surface area contributed by atoms with E-state index in [1.165, 1.54) is 4.52 Å². The number of nitrogens with two attached hydrogens (primary N) is 1. The van der Waals surface area contributed by atoms with E-state index in [0.29, 0.717) is 49.6 Å². The van der Waals surface area contributed by atoms with Gasteiger partial charge < -0.3 is 24.7 Å². The second-order valence-corrected chi connectivity index (χ2v) is 8.02. The number of methoxy groups -OCH3 is 1. The molecule has 0 aromatic carbocycles. The number of piperazine rings is 1. The highest BCUT2D eigenvalue weighted by atomic mass is 16.5. The SMILES string of the molecule is COCCN1CCN(C(=O)[C@@H]2CCCN2c2nc(N)n3nc(-c4ccco4)nc3n2)CC1. The second-order valence-electron chi connectivity index (χ2n) is 8.02. The fourth-order valence-corrected chi connectivity index (χ4v) is 4.32. The van der Waals surface area contributed by atoms with Gasteiger partial charge in [-0.05, 0) is 25.0 Å². The van der Waals surface area contributed by atoms with Gasteiger partial charge in [0.05, 0.1) is 12.9 Å². The van der Waals surface area contributed by atoms with Crippen LogP contribution in [0.3, 0.4) is 0 Å². The Morgan fingerprint density at radius 2 is 2.06 bits per heavy atom. The van der Waals surface area contributed by atoms with Gasteiger partial charge in [-0.15, -0.1) is 5.10 Å². The van der Waals surface area contributed by atoms with Crippen LogP contribution in [-0.2, 0) is 9.53 Å². The van der Waals surface area contributed by atoms with Crippen molar-refractivity contribution in [3.05, 3.63) is 18.4 Å². The van der Waals surface area contributed by atoms with Crippen LogP contribution in [0.4, 0.5) is 11.9 Å². The van der Waals surface area contributed by atoms with Crippen molar-refractivity contribution in [3.63, 3.8) is 0 Å². The number of nitrogens with zero attached hydrogens (tertiary/aromatic N) is 8. The molecule has 0 bridgehead atoms. The van der Waals surface area contributed by atoms with Crippen LogP contribution < -0.4 is 10.6 Å². The number of rotatable bonds is 6. The highest BCUT2D eigenvalue weighted by Crippen LogP contribution is 2.26. The van der Waals surface area contributed by atoms with E-state index in [9.17, 15) is 4.79 Å². The number of nitrogen functional groups attached to an aromatic ring is 1. The summed E-state index contributed by atoms with van der Waals surface area (Å²) in [7, 11) is 1.71. The molecule has 12 nitrogen and oxygen atoms in total. The normalized spacial score (nSPS) is 19.8. The average molecular weight is 441 g/mol. The van der Waals surface area contributed by atoms with Crippen LogP contribution in [-0.4, -0.2) is 99.3 Å². The van der Waals surface area contributed by atoms with Crippen molar-refractivity contribution in [1.82, 2.24) is 34.4 Å². The molecule has 0 unspecified atom stereocenters. The maximum Gasteiger partial charge on any atom is 0.259 e. The number of carbonyl (C=O) groups is 1. The van der Waals surface area contributed by atoms with Gasteiger partial charge >= 0.3 is 0 Å². The summed E-state index contributed by atoms with van der Waals surface area (Å²) in [4.78, 5) is 32.9. The Balaban J connectivity index is 1.33. The molecule has 0 aliphatic carbocycles. The smallest absolute Gasteiger partial charge is 0.259 e. The van der Waals surface area contributed by atoms with Crippen LogP contribution in [0, 0.1) is 0 Å². The molecule has 170 valence electrons. The van der Waals surface area contributed by atoms with Crippen LogP contribution in [0.1, 0.15) is 12.8 Å². The van der Waals surface area contributed by atoms with E-state index < -0.39 is 0 Å². The largest absolute Gasteiger partial charge is 0.461 e. The van der Waals surface area contributed by atoms with E-state index in [4.69, 9.17) is 14.9 Å². The third-order valence-electron chi connectivity index (χ3n) is 6.05. The molecule has 32 heavy (non-hydrogen) atoms. The molecule has 0 radical (unpaired) electrons. The zero-order valence-corrected chi connectivity index (χ0v) is 18.1. The molecule has 2 saturated heterocycles. The zero-order valence-electron chi connectivity index (χ0n) is 18.1. The number of aromatic nitrogens is 5. The van der Waals surface area contributed by atoms with Crippen molar-refractivity contribution >= 4 is 23.6 Å². The Morgan fingerprint density at radius 3 is 2.81 bits per heavy atom. The summed E-state index contributed by atoms with van der Waals surface area (Å²) in [6.45, 7) is 5.42. The minimum absolute atomic E-state index is 0.119. The van der Waals surface area contributed by atoms with E-state index in [0.717, 1.165) is 32.5 Å². The molecule has 2 N–H and O–H groups in total. The summed E-state index contributed by atoms with van der Waals surface area (Å²) in [6.07, 6.45) is 3.21. The molecule has 3 aromatic rings. The molecule has 1 amide bonds. The van der Waals surface area contributed by atoms with E-state index in [2.05, 4.69) is 25.0 Å². The van der Waals surface area contributed by atoms with Gasteiger partial charge in [-0.25, -0.2) is 0 Å². The van der Waals surface area contributed by atoms with Crippen molar-refractivity contribution in [2.24, 2.45) is 0 Å². The van der Waals surface area contributed by atoms with Crippen LogP contribution in [0.5, 0.6) is 0 Å². The Bertz CT molecular complexity index is 1080. The molecule has 5 heterocycles. The monoisotopic (exact) mass is 441 g/mol. The number of amides is 1. The summed E-state index contributed by atoms with van der Waals surface area (Å²) in [5.41, 5.74) is 6.15. The van der Waals surface area contributed by atoms with Crippen molar-refractivity contribution in [2.45, 2.75) is 18.9 Å². The number of ether oxygens (including phenoxy) is 1. The first-order valence-corrected chi connectivity index (χ1v) is 10.8. The topological polar surface area (TPSA) is 131 Å². The van der Waals surface area contributed by atoms with E-state index in [1.807, 2.05) is 9.80 Å². The maximum absolute atomic E-state index is 13.3. The van der Waals surface area contributed by atoms with Crippen molar-refractivity contribution in [2.75, 3.05) is 63.6 Å². The molecule has 2 fully saturated rings. The fraction of sp³-hybridized carbons (Fsp3) is 0.550. The van der Waals surface area contributed by atoms with Gasteiger partial charge in [0.15, 0.2) is 5.76 Å². The van der Waals surface area contributed by atoms with Crippen LogP contribution in [0.25, 0.3) is 17.4 Å². The first-order chi connectivity index (χ1) is 15.6. The molecular weight excluding hydrogens is 414 g/mol. The number of hydrogen-bond acceptors (Lipinski definition) is 10. The third-order valence-corrected chi connectivity index (χ3v) is 6.05. The molecule has 1 atom stereocenters. The zero-order chi connectivity index (χ0) is 22.1. The molecule has 2 aliphatic rings. The Labute approximate surface area is 185 Å². The standard InChI is InChI=1S/C20H27N9O3/c1-31-13-11-26-7-9-27(10-8-26)17(30)14-4-2-6-28(14)19-23-18(21)29-20(24-19)22-16(25-29)15-5-3-12-32-15/h3,5,12,14H,2,4,6-11,13H2,1H3,(H2,21,22,23,24,25)/t14-/m0/s1. The summed E-state index contributed by atoms with van der Waals surface area (Å²) in [5.74, 6) is 1.92. The molecular formula is C20H27N9O3. The number of anilines is 2. The lowest BCUT2D eigenvalue weighted by atomic mass is 10.1. The Morgan fingerprint density at radius 1 is 1.22 bits per heavy atom. The Hall–Kier alpha value is -3.25. The number of hydrogen-bond donors (Lipinski definition) is 1. The molecule has 2 aliphatic heterocycles. The summed E-state index contributed by atoms with van der Waals surface area (Å²) < 4.78 is 11.9. The summed E-state index contributed by atoms with van der Waals surface area (Å²) >= 11 is 0. The first kappa shape index (κ1) is 20.6. The quantitative estimate of drug-likeness (QED) is 0.563. The predicted octanol–water partition coefficient (Wildman–Crippen LogP) is 0.121. The minimum Gasteiger partial charge on any atom is -0.461 e. The van der Waals surface area contributed by atoms with Gasteiger partial charge in [-0.2, -0.15) is 19.5 Å². The van der Waals surface area contributed by atoms with Gasteiger partial charge in [0.2, 0.25) is 23.6 Å². The van der Waals surface area contributed by atoms with Crippen molar-refractivity contribution < 1.29 is 13.9 Å². The van der Waals surface area contributed by atoms with E-state index in [-0.39, 0.29) is 17.9 Å². The van der Waals surface area contributed by atoms with Crippen molar-refractivity contribution in [1.29, 1.82) is 0 Å². The number of furan rings is 1. The van der Waals surface area contributed by atoms with E-state index in [1.54, 1.807) is 25.5 Å². The van der Waals surface area contributed by atoms with Gasteiger partial charge in [0.1, 0.15) is 6.04 Å². The van der Waals surface area contributed by atoms with Crippen molar-refractivity contribution in [3.8, 4) is 11.6 Å². The molecule has 0 spiro atoms. The van der Waals surface area contributed by atoms with Gasteiger partial charge in [-0.3, -0.25) is 9.69 Å². The van der Waals surface area contributed by atoms with Crippen LogP contribution >= 0.6 is 0 Å². The Kier molecular flexibility index (Phi) is 5.62. The lowest BCUT2D eigenvalue weighted by Gasteiger charge is -2.37.